The summed E-state index contributed by atoms with van der Waals surface area (Å²) < 4.78 is 27.0. The highest BCUT2D eigenvalue weighted by Crippen LogP contribution is 2.21. The molecule has 0 fully saturated rings. The molecule has 0 amide bonds. The number of carbonyl (C=O) groups is 1. The van der Waals surface area contributed by atoms with E-state index in [0.29, 0.717) is 23.2 Å². The summed E-state index contributed by atoms with van der Waals surface area (Å²) in [5.74, 6) is -1.16. The predicted molar refractivity (Wildman–Crippen MR) is 85.5 cm³/mol. The van der Waals surface area contributed by atoms with Gasteiger partial charge in [-0.3, -0.25) is 4.72 Å². The summed E-state index contributed by atoms with van der Waals surface area (Å²) >= 11 is 0. The maximum atomic E-state index is 12.2. The van der Waals surface area contributed by atoms with Gasteiger partial charge in [-0.25, -0.2) is 13.2 Å². The van der Waals surface area contributed by atoms with Crippen molar-refractivity contribution in [2.24, 2.45) is 0 Å². The lowest BCUT2D eigenvalue weighted by Crippen LogP contribution is -2.16. The molecule has 5 nitrogen and oxygen atoms in total. The highest BCUT2D eigenvalue weighted by atomic mass is 32.2. The van der Waals surface area contributed by atoms with Gasteiger partial charge in [0.1, 0.15) is 0 Å². The molecule has 0 radical (unpaired) electrons. The van der Waals surface area contributed by atoms with E-state index in [1.807, 2.05) is 13.0 Å². The van der Waals surface area contributed by atoms with Gasteiger partial charge in [0, 0.05) is 0 Å². The first-order valence-corrected chi connectivity index (χ1v) is 8.47. The van der Waals surface area contributed by atoms with Crippen molar-refractivity contribution in [3.8, 4) is 0 Å². The van der Waals surface area contributed by atoms with Gasteiger partial charge in [0.2, 0.25) is 10.0 Å². The lowest BCUT2D eigenvalue weighted by molar-refractivity contribution is 0.0697. The largest absolute Gasteiger partial charge is 0.478 e. The second kappa shape index (κ2) is 6.62. The Morgan fingerprint density at radius 1 is 1.14 bits per heavy atom. The van der Waals surface area contributed by atoms with Crippen LogP contribution in [-0.4, -0.2) is 19.5 Å². The standard InChI is InChI=1S/C16H17NO4S/c1-2-13-10-14(16(18)19)8-9-15(13)17-22(20,21)11-12-6-4-3-5-7-12/h3-10,17H,2,11H2,1H3,(H,18,19). The minimum Gasteiger partial charge on any atom is -0.478 e. The van der Waals surface area contributed by atoms with E-state index in [-0.39, 0.29) is 11.3 Å². The number of aryl methyl sites for hydroxylation is 1. The molecule has 0 saturated carbocycles. The van der Waals surface area contributed by atoms with Gasteiger partial charge in [-0.15, -0.1) is 0 Å². The van der Waals surface area contributed by atoms with Crippen LogP contribution in [0, 0.1) is 0 Å². The summed E-state index contributed by atoms with van der Waals surface area (Å²) in [6, 6.07) is 13.2. The van der Waals surface area contributed by atoms with Crippen LogP contribution < -0.4 is 4.72 Å². The molecule has 0 bridgehead atoms. The zero-order chi connectivity index (χ0) is 16.2. The number of carboxylic acids is 1. The number of benzene rings is 2. The second-order valence-corrected chi connectivity index (χ2v) is 6.60. The zero-order valence-corrected chi connectivity index (χ0v) is 12.9. The molecule has 0 heterocycles. The summed E-state index contributed by atoms with van der Waals surface area (Å²) in [6.07, 6.45) is 0.532. The molecule has 0 aromatic heterocycles. The topological polar surface area (TPSA) is 83.5 Å². The monoisotopic (exact) mass is 319 g/mol. The quantitative estimate of drug-likeness (QED) is 0.857. The van der Waals surface area contributed by atoms with Crippen molar-refractivity contribution in [3.63, 3.8) is 0 Å². The molecule has 0 aliphatic rings. The SMILES string of the molecule is CCc1cc(C(=O)O)ccc1NS(=O)(=O)Cc1ccccc1. The van der Waals surface area contributed by atoms with Gasteiger partial charge >= 0.3 is 5.97 Å². The Morgan fingerprint density at radius 3 is 2.41 bits per heavy atom. The molecule has 22 heavy (non-hydrogen) atoms. The normalized spacial score (nSPS) is 11.1. The summed E-state index contributed by atoms with van der Waals surface area (Å²) in [5.41, 5.74) is 1.90. The fourth-order valence-electron chi connectivity index (χ4n) is 2.12. The molecule has 0 aliphatic heterocycles. The Kier molecular flexibility index (Phi) is 4.82. The number of rotatable bonds is 6. The highest BCUT2D eigenvalue weighted by molar-refractivity contribution is 7.91. The van der Waals surface area contributed by atoms with E-state index in [0.717, 1.165) is 0 Å². The molecule has 0 unspecified atom stereocenters. The Labute approximate surface area is 129 Å². The third-order valence-electron chi connectivity index (χ3n) is 3.20. The molecule has 2 aromatic carbocycles. The third kappa shape index (κ3) is 4.08. The number of nitrogens with one attached hydrogen (secondary N) is 1. The molecular weight excluding hydrogens is 302 g/mol. The summed E-state index contributed by atoms with van der Waals surface area (Å²) in [6.45, 7) is 1.84. The van der Waals surface area contributed by atoms with E-state index in [9.17, 15) is 13.2 Å². The van der Waals surface area contributed by atoms with E-state index in [1.165, 1.54) is 18.2 Å². The van der Waals surface area contributed by atoms with Crippen molar-refractivity contribution >= 4 is 21.7 Å². The van der Waals surface area contributed by atoms with Crippen LogP contribution in [0.5, 0.6) is 0 Å². The van der Waals surface area contributed by atoms with Crippen LogP contribution in [0.25, 0.3) is 0 Å². The smallest absolute Gasteiger partial charge is 0.335 e. The number of sulfonamides is 1. The van der Waals surface area contributed by atoms with Crippen molar-refractivity contribution in [1.29, 1.82) is 0 Å². The van der Waals surface area contributed by atoms with Crippen LogP contribution >= 0.6 is 0 Å². The first-order valence-electron chi connectivity index (χ1n) is 6.82. The van der Waals surface area contributed by atoms with Crippen molar-refractivity contribution in [2.75, 3.05) is 4.72 Å². The first-order chi connectivity index (χ1) is 10.4. The number of hydrogen-bond donors (Lipinski definition) is 2. The fourth-order valence-corrected chi connectivity index (χ4v) is 3.35. The van der Waals surface area contributed by atoms with E-state index in [2.05, 4.69) is 4.72 Å². The molecule has 2 N–H and O–H groups in total. The average Bonchev–Trinajstić information content (AvgIpc) is 2.47. The molecule has 0 spiro atoms. The Balaban J connectivity index is 2.24. The number of anilines is 1. The molecule has 0 aliphatic carbocycles. The lowest BCUT2D eigenvalue weighted by Gasteiger charge is -2.12. The minimum atomic E-state index is -3.55. The average molecular weight is 319 g/mol. The lowest BCUT2D eigenvalue weighted by atomic mass is 10.1. The Hall–Kier alpha value is -2.34. The number of aromatic carboxylic acids is 1. The molecular formula is C16H17NO4S. The second-order valence-electron chi connectivity index (χ2n) is 4.88. The van der Waals surface area contributed by atoms with E-state index in [1.54, 1.807) is 24.3 Å². The minimum absolute atomic E-state index is 0.127. The van der Waals surface area contributed by atoms with Gasteiger partial charge in [-0.2, -0.15) is 0 Å². The van der Waals surface area contributed by atoms with Crippen molar-refractivity contribution in [3.05, 3.63) is 65.2 Å². The Morgan fingerprint density at radius 2 is 1.82 bits per heavy atom. The molecule has 0 saturated heterocycles. The number of hydrogen-bond acceptors (Lipinski definition) is 3. The van der Waals surface area contributed by atoms with E-state index < -0.39 is 16.0 Å². The summed E-state index contributed by atoms with van der Waals surface area (Å²) in [4.78, 5) is 11.0. The Bertz CT molecular complexity index is 770. The van der Waals surface area contributed by atoms with Crippen LogP contribution in [0.2, 0.25) is 0 Å². The maximum Gasteiger partial charge on any atom is 0.335 e. The molecule has 2 rings (SSSR count). The molecule has 0 atom stereocenters. The van der Waals surface area contributed by atoms with Crippen molar-refractivity contribution < 1.29 is 18.3 Å². The maximum absolute atomic E-state index is 12.2. The molecule has 116 valence electrons. The fraction of sp³-hybridized carbons (Fsp3) is 0.188. The molecule has 2 aromatic rings. The molecule has 6 heteroatoms. The van der Waals surface area contributed by atoms with Crippen molar-refractivity contribution in [1.82, 2.24) is 0 Å². The summed E-state index contributed by atoms with van der Waals surface area (Å²) in [7, 11) is -3.55. The third-order valence-corrected chi connectivity index (χ3v) is 4.44. The van der Waals surface area contributed by atoms with Gasteiger partial charge in [0.05, 0.1) is 17.0 Å². The van der Waals surface area contributed by atoms with Crippen LogP contribution in [0.3, 0.4) is 0 Å². The predicted octanol–water partition coefficient (Wildman–Crippen LogP) is 2.89. The van der Waals surface area contributed by atoms with Crippen molar-refractivity contribution in [2.45, 2.75) is 19.1 Å². The highest BCUT2D eigenvalue weighted by Gasteiger charge is 2.15. The van der Waals surface area contributed by atoms with Gasteiger partial charge in [0.15, 0.2) is 0 Å². The number of carboxylic acid groups (broad SMARTS) is 1. The van der Waals surface area contributed by atoms with Crippen LogP contribution in [0.1, 0.15) is 28.4 Å². The summed E-state index contributed by atoms with van der Waals surface area (Å²) in [5, 5.41) is 8.98. The van der Waals surface area contributed by atoms with E-state index >= 15 is 0 Å². The zero-order valence-electron chi connectivity index (χ0n) is 12.1. The van der Waals surface area contributed by atoms with Gasteiger partial charge in [-0.05, 0) is 35.7 Å². The first kappa shape index (κ1) is 16.0. The van der Waals surface area contributed by atoms with Crippen LogP contribution in [0.4, 0.5) is 5.69 Å². The van der Waals surface area contributed by atoms with Gasteiger partial charge in [0.25, 0.3) is 0 Å². The van der Waals surface area contributed by atoms with Gasteiger partial charge in [-0.1, -0.05) is 37.3 Å². The van der Waals surface area contributed by atoms with Crippen LogP contribution in [-0.2, 0) is 22.2 Å². The van der Waals surface area contributed by atoms with E-state index in [4.69, 9.17) is 5.11 Å². The van der Waals surface area contributed by atoms with Gasteiger partial charge < -0.3 is 5.11 Å². The van der Waals surface area contributed by atoms with Crippen LogP contribution in [0.15, 0.2) is 48.5 Å².